The van der Waals surface area contributed by atoms with Crippen molar-refractivity contribution < 1.29 is 9.53 Å². The molecule has 92 valence electrons. The Morgan fingerprint density at radius 3 is 1.89 bits per heavy atom. The van der Waals surface area contributed by atoms with Crippen molar-refractivity contribution in [2.45, 2.75) is 13.8 Å². The molecule has 18 heavy (non-hydrogen) atoms. The summed E-state index contributed by atoms with van der Waals surface area (Å²) >= 11 is 0. The lowest BCUT2D eigenvalue weighted by Crippen LogP contribution is -1.92. The highest BCUT2D eigenvalue weighted by Gasteiger charge is 2.01. The van der Waals surface area contributed by atoms with E-state index < -0.39 is 0 Å². The lowest BCUT2D eigenvalue weighted by molar-refractivity contribution is 0.101. The van der Waals surface area contributed by atoms with Gasteiger partial charge in [-0.15, -0.1) is 0 Å². The molecule has 2 nitrogen and oxygen atoms in total. The van der Waals surface area contributed by atoms with Crippen LogP contribution in [0.15, 0.2) is 48.5 Å². The first-order valence-corrected chi connectivity index (χ1v) is 6.05. The molecule has 0 saturated carbocycles. The number of hydrogen-bond acceptors (Lipinski definition) is 2. The molecule has 2 aromatic carbocycles. The SMILES string of the molecule is CCOc1ccc(-c2ccc(C(C)=O)cc2)cc1. The summed E-state index contributed by atoms with van der Waals surface area (Å²) in [5.41, 5.74) is 2.96. The minimum absolute atomic E-state index is 0.0910. The molecule has 0 saturated heterocycles. The van der Waals surface area contributed by atoms with E-state index in [1.165, 1.54) is 0 Å². The molecule has 0 heterocycles. The highest BCUT2D eigenvalue weighted by molar-refractivity contribution is 5.94. The van der Waals surface area contributed by atoms with E-state index in [9.17, 15) is 4.79 Å². The smallest absolute Gasteiger partial charge is 0.159 e. The van der Waals surface area contributed by atoms with Crippen LogP contribution in [-0.2, 0) is 0 Å². The van der Waals surface area contributed by atoms with Crippen molar-refractivity contribution in [3.63, 3.8) is 0 Å². The topological polar surface area (TPSA) is 26.3 Å². The Kier molecular flexibility index (Phi) is 3.78. The van der Waals surface area contributed by atoms with Crippen LogP contribution >= 0.6 is 0 Å². The fraction of sp³-hybridized carbons (Fsp3) is 0.188. The highest BCUT2D eigenvalue weighted by atomic mass is 16.5. The van der Waals surface area contributed by atoms with Gasteiger partial charge in [0.2, 0.25) is 0 Å². The second-order valence-electron chi connectivity index (χ2n) is 4.09. The molecule has 0 spiro atoms. The predicted molar refractivity (Wildman–Crippen MR) is 73.1 cm³/mol. The molecule has 0 aromatic heterocycles. The Hall–Kier alpha value is -2.09. The van der Waals surface area contributed by atoms with E-state index in [-0.39, 0.29) is 5.78 Å². The Morgan fingerprint density at radius 2 is 1.44 bits per heavy atom. The molecule has 0 amide bonds. The molecule has 2 heteroatoms. The normalized spacial score (nSPS) is 10.1. The second-order valence-corrected chi connectivity index (χ2v) is 4.09. The largest absolute Gasteiger partial charge is 0.494 e. The summed E-state index contributed by atoms with van der Waals surface area (Å²) in [4.78, 5) is 11.2. The van der Waals surface area contributed by atoms with E-state index in [1.54, 1.807) is 6.92 Å². The summed E-state index contributed by atoms with van der Waals surface area (Å²) in [6, 6.07) is 15.6. The molecule has 0 aliphatic rings. The molecule has 0 atom stereocenters. The average Bonchev–Trinajstić information content (AvgIpc) is 2.40. The van der Waals surface area contributed by atoms with Gasteiger partial charge in [-0.1, -0.05) is 36.4 Å². The summed E-state index contributed by atoms with van der Waals surface area (Å²) in [7, 11) is 0. The van der Waals surface area contributed by atoms with Gasteiger partial charge in [0, 0.05) is 5.56 Å². The zero-order valence-electron chi connectivity index (χ0n) is 10.6. The summed E-state index contributed by atoms with van der Waals surface area (Å²) in [6.07, 6.45) is 0. The van der Waals surface area contributed by atoms with Crippen molar-refractivity contribution in [2.24, 2.45) is 0 Å². The predicted octanol–water partition coefficient (Wildman–Crippen LogP) is 3.95. The van der Waals surface area contributed by atoms with Crippen LogP contribution in [0.2, 0.25) is 0 Å². The number of rotatable bonds is 4. The molecule has 0 radical (unpaired) electrons. The van der Waals surface area contributed by atoms with Gasteiger partial charge >= 0.3 is 0 Å². The van der Waals surface area contributed by atoms with Gasteiger partial charge in [0.25, 0.3) is 0 Å². The molecule has 0 aliphatic heterocycles. The van der Waals surface area contributed by atoms with Crippen LogP contribution in [-0.4, -0.2) is 12.4 Å². The van der Waals surface area contributed by atoms with Crippen molar-refractivity contribution in [3.8, 4) is 16.9 Å². The third-order valence-electron chi connectivity index (χ3n) is 2.79. The van der Waals surface area contributed by atoms with Crippen LogP contribution < -0.4 is 4.74 Å². The van der Waals surface area contributed by atoms with E-state index >= 15 is 0 Å². The van der Waals surface area contributed by atoms with E-state index in [4.69, 9.17) is 4.74 Å². The van der Waals surface area contributed by atoms with E-state index in [2.05, 4.69) is 0 Å². The maximum Gasteiger partial charge on any atom is 0.159 e. The van der Waals surface area contributed by atoms with Crippen molar-refractivity contribution in [1.82, 2.24) is 0 Å². The third-order valence-corrected chi connectivity index (χ3v) is 2.79. The fourth-order valence-electron chi connectivity index (χ4n) is 1.81. The quantitative estimate of drug-likeness (QED) is 0.756. The van der Waals surface area contributed by atoms with Gasteiger partial charge in [-0.25, -0.2) is 0 Å². The van der Waals surface area contributed by atoms with Crippen LogP contribution in [0.25, 0.3) is 11.1 Å². The first-order chi connectivity index (χ1) is 8.70. The number of benzene rings is 2. The maximum absolute atomic E-state index is 11.2. The maximum atomic E-state index is 11.2. The molecular weight excluding hydrogens is 224 g/mol. The average molecular weight is 240 g/mol. The first-order valence-electron chi connectivity index (χ1n) is 6.05. The van der Waals surface area contributed by atoms with Crippen molar-refractivity contribution in [3.05, 3.63) is 54.1 Å². The van der Waals surface area contributed by atoms with E-state index in [0.29, 0.717) is 6.61 Å². The van der Waals surface area contributed by atoms with Crippen LogP contribution in [0.1, 0.15) is 24.2 Å². The lowest BCUT2D eigenvalue weighted by atomic mass is 10.0. The van der Waals surface area contributed by atoms with Crippen molar-refractivity contribution in [2.75, 3.05) is 6.61 Å². The zero-order valence-corrected chi connectivity index (χ0v) is 10.6. The van der Waals surface area contributed by atoms with Gasteiger partial charge in [0.1, 0.15) is 5.75 Å². The van der Waals surface area contributed by atoms with Gasteiger partial charge in [-0.3, -0.25) is 4.79 Å². The minimum atomic E-state index is 0.0910. The molecule has 0 fully saturated rings. The van der Waals surface area contributed by atoms with Crippen molar-refractivity contribution >= 4 is 5.78 Å². The Morgan fingerprint density at radius 1 is 0.944 bits per heavy atom. The van der Waals surface area contributed by atoms with Gasteiger partial charge in [0.05, 0.1) is 6.61 Å². The minimum Gasteiger partial charge on any atom is -0.494 e. The zero-order chi connectivity index (χ0) is 13.0. The number of ether oxygens (including phenoxy) is 1. The lowest BCUT2D eigenvalue weighted by Gasteiger charge is -2.05. The molecular formula is C16H16O2. The second kappa shape index (κ2) is 5.50. The standard InChI is InChI=1S/C16H16O2/c1-3-18-16-10-8-15(9-11-16)14-6-4-13(5-7-14)12(2)17/h4-11H,3H2,1-2H3. The monoisotopic (exact) mass is 240 g/mol. The number of hydrogen-bond donors (Lipinski definition) is 0. The number of carbonyl (C=O) groups is 1. The molecule has 0 aliphatic carbocycles. The van der Waals surface area contributed by atoms with Crippen molar-refractivity contribution in [1.29, 1.82) is 0 Å². The van der Waals surface area contributed by atoms with Crippen LogP contribution in [0.5, 0.6) is 5.75 Å². The Bertz CT molecular complexity index is 524. The van der Waals surface area contributed by atoms with Crippen LogP contribution in [0, 0.1) is 0 Å². The van der Waals surface area contributed by atoms with Gasteiger partial charge < -0.3 is 4.74 Å². The molecule has 2 rings (SSSR count). The molecule has 0 bridgehead atoms. The van der Waals surface area contributed by atoms with Gasteiger partial charge in [-0.2, -0.15) is 0 Å². The van der Waals surface area contributed by atoms with E-state index in [1.807, 2.05) is 55.5 Å². The molecule has 0 unspecified atom stereocenters. The van der Waals surface area contributed by atoms with E-state index in [0.717, 1.165) is 22.4 Å². The van der Waals surface area contributed by atoms with Crippen LogP contribution in [0.3, 0.4) is 0 Å². The summed E-state index contributed by atoms with van der Waals surface area (Å²) in [5.74, 6) is 0.967. The summed E-state index contributed by atoms with van der Waals surface area (Å²) < 4.78 is 5.40. The Labute approximate surface area is 107 Å². The third kappa shape index (κ3) is 2.77. The van der Waals surface area contributed by atoms with Crippen LogP contribution in [0.4, 0.5) is 0 Å². The number of Topliss-reactive ketones (excluding diaryl/α,β-unsaturated/α-hetero) is 1. The summed E-state index contributed by atoms with van der Waals surface area (Å²) in [6.45, 7) is 4.22. The van der Waals surface area contributed by atoms with Gasteiger partial charge in [-0.05, 0) is 37.1 Å². The first kappa shape index (κ1) is 12.4. The number of ketones is 1. The Balaban J connectivity index is 2.23. The molecule has 0 N–H and O–H groups in total. The van der Waals surface area contributed by atoms with Gasteiger partial charge in [0.15, 0.2) is 5.78 Å². The summed E-state index contributed by atoms with van der Waals surface area (Å²) in [5, 5.41) is 0. The number of carbonyl (C=O) groups excluding carboxylic acids is 1. The fourth-order valence-corrected chi connectivity index (χ4v) is 1.81. The molecule has 2 aromatic rings. The highest BCUT2D eigenvalue weighted by Crippen LogP contribution is 2.22.